The molecule has 1 aliphatic carbocycles. The lowest BCUT2D eigenvalue weighted by Crippen LogP contribution is -2.37. The molecule has 2 aromatic carbocycles. The first kappa shape index (κ1) is 19.9. The lowest BCUT2D eigenvalue weighted by molar-refractivity contribution is 0.0660. The van der Waals surface area contributed by atoms with Crippen molar-refractivity contribution in [2.45, 2.75) is 57.5 Å². The number of unbranched alkanes of at least 4 members (excludes halogenated alkanes) is 1. The number of benzene rings is 2. The van der Waals surface area contributed by atoms with Crippen LogP contribution >= 0.6 is 0 Å². The first-order valence-electron chi connectivity index (χ1n) is 11.5. The van der Waals surface area contributed by atoms with E-state index in [1.54, 1.807) is 0 Å². The molecule has 1 aromatic heterocycles. The molecule has 3 aromatic rings. The van der Waals surface area contributed by atoms with Crippen molar-refractivity contribution in [1.82, 2.24) is 15.1 Å². The van der Waals surface area contributed by atoms with Gasteiger partial charge in [-0.05, 0) is 37.0 Å². The van der Waals surface area contributed by atoms with E-state index >= 15 is 0 Å². The van der Waals surface area contributed by atoms with Gasteiger partial charge in [0.1, 0.15) is 11.4 Å². The zero-order chi connectivity index (χ0) is 21.2. The Morgan fingerprint density at radius 3 is 2.52 bits per heavy atom. The highest BCUT2D eigenvalue weighted by Crippen LogP contribution is 2.46. The number of H-pyrrole nitrogens is 1. The van der Waals surface area contributed by atoms with Crippen molar-refractivity contribution < 1.29 is 9.53 Å². The van der Waals surface area contributed by atoms with Gasteiger partial charge in [-0.2, -0.15) is 5.10 Å². The Bertz CT molecular complexity index is 1040. The van der Waals surface area contributed by atoms with Crippen molar-refractivity contribution in [3.63, 3.8) is 0 Å². The molecule has 0 saturated heterocycles. The molecule has 31 heavy (non-hydrogen) atoms. The van der Waals surface area contributed by atoms with Crippen LogP contribution in [0.1, 0.15) is 73.1 Å². The Kier molecular flexibility index (Phi) is 5.49. The van der Waals surface area contributed by atoms with Crippen LogP contribution in [0.2, 0.25) is 0 Å². The van der Waals surface area contributed by atoms with Gasteiger partial charge in [0.2, 0.25) is 0 Å². The largest absolute Gasteiger partial charge is 0.494 e. The van der Waals surface area contributed by atoms with Gasteiger partial charge in [0, 0.05) is 17.2 Å². The molecular weight excluding hydrogens is 386 g/mol. The molecule has 160 valence electrons. The van der Waals surface area contributed by atoms with Crippen LogP contribution in [-0.2, 0) is 0 Å². The molecule has 1 atom stereocenters. The van der Waals surface area contributed by atoms with Gasteiger partial charge in [-0.15, -0.1) is 0 Å². The monoisotopic (exact) mass is 415 g/mol. The van der Waals surface area contributed by atoms with Gasteiger partial charge in [-0.25, -0.2) is 0 Å². The van der Waals surface area contributed by atoms with E-state index in [2.05, 4.69) is 46.3 Å². The van der Waals surface area contributed by atoms with Crippen LogP contribution in [-0.4, -0.2) is 33.7 Å². The number of hydrogen-bond donors (Lipinski definition) is 1. The smallest absolute Gasteiger partial charge is 0.273 e. The SMILES string of the molecule is CCCCOc1ccc(C2c3c(-c4ccccc4)n[nH]c3C(=O)N2C2CCCC2)cc1. The number of nitrogens with one attached hydrogen (secondary N) is 1. The van der Waals surface area contributed by atoms with E-state index in [9.17, 15) is 4.79 Å². The number of carbonyl (C=O) groups excluding carboxylic acids is 1. The number of fused-ring (bicyclic) bond motifs is 1. The second-order valence-corrected chi connectivity index (χ2v) is 8.55. The van der Waals surface area contributed by atoms with Crippen molar-refractivity contribution in [1.29, 1.82) is 0 Å². The van der Waals surface area contributed by atoms with Crippen molar-refractivity contribution in [3.8, 4) is 17.0 Å². The maximum absolute atomic E-state index is 13.5. The summed E-state index contributed by atoms with van der Waals surface area (Å²) in [6.45, 7) is 2.89. The summed E-state index contributed by atoms with van der Waals surface area (Å²) in [4.78, 5) is 15.6. The van der Waals surface area contributed by atoms with Gasteiger partial charge in [0.05, 0.1) is 18.3 Å². The highest BCUT2D eigenvalue weighted by atomic mass is 16.5. The average Bonchev–Trinajstić information content (AvgIpc) is 3.53. The third-order valence-electron chi connectivity index (χ3n) is 6.53. The van der Waals surface area contributed by atoms with Gasteiger partial charge in [-0.3, -0.25) is 9.89 Å². The summed E-state index contributed by atoms with van der Waals surface area (Å²) in [6, 6.07) is 18.6. The number of hydrogen-bond acceptors (Lipinski definition) is 3. The van der Waals surface area contributed by atoms with Gasteiger partial charge in [0.25, 0.3) is 5.91 Å². The number of aromatic amines is 1. The van der Waals surface area contributed by atoms with Crippen molar-refractivity contribution in [2.24, 2.45) is 0 Å². The van der Waals surface area contributed by atoms with Crippen LogP contribution < -0.4 is 4.74 Å². The van der Waals surface area contributed by atoms with Crippen molar-refractivity contribution in [2.75, 3.05) is 6.61 Å². The standard InChI is InChI=1S/C26H29N3O2/c1-2-3-17-31-21-15-13-19(14-16-21)25-22-23(18-9-5-4-6-10-18)27-28-24(22)26(30)29(25)20-11-7-8-12-20/h4-6,9-10,13-16,20,25H,2-3,7-8,11-12,17H2,1H3,(H,27,28). The maximum atomic E-state index is 13.5. The van der Waals surface area contributed by atoms with Crippen LogP contribution in [0.4, 0.5) is 0 Å². The number of amides is 1. The molecule has 1 saturated carbocycles. The number of carbonyl (C=O) groups is 1. The summed E-state index contributed by atoms with van der Waals surface area (Å²) in [5, 5.41) is 7.63. The molecule has 1 amide bonds. The average molecular weight is 416 g/mol. The molecular formula is C26H29N3O2. The molecule has 5 nitrogen and oxygen atoms in total. The minimum atomic E-state index is -0.121. The normalized spacial score (nSPS) is 18.5. The molecule has 5 rings (SSSR count). The van der Waals surface area contributed by atoms with Crippen molar-refractivity contribution in [3.05, 3.63) is 71.4 Å². The first-order valence-corrected chi connectivity index (χ1v) is 11.5. The lowest BCUT2D eigenvalue weighted by atomic mass is 9.95. The quantitative estimate of drug-likeness (QED) is 0.500. The Morgan fingerprint density at radius 2 is 1.81 bits per heavy atom. The molecule has 1 aliphatic heterocycles. The van der Waals surface area contributed by atoms with Gasteiger partial charge in [-0.1, -0.05) is 68.7 Å². The van der Waals surface area contributed by atoms with E-state index in [4.69, 9.17) is 4.74 Å². The lowest BCUT2D eigenvalue weighted by Gasteiger charge is -2.32. The predicted molar refractivity (Wildman–Crippen MR) is 121 cm³/mol. The fourth-order valence-corrected chi connectivity index (χ4v) is 4.95. The first-order chi connectivity index (χ1) is 15.3. The summed E-state index contributed by atoms with van der Waals surface area (Å²) in [7, 11) is 0. The van der Waals surface area contributed by atoms with Crippen LogP contribution in [0, 0.1) is 0 Å². The van der Waals surface area contributed by atoms with Gasteiger partial charge < -0.3 is 9.64 Å². The molecule has 0 spiro atoms. The highest BCUT2D eigenvalue weighted by Gasteiger charge is 2.45. The van der Waals surface area contributed by atoms with Gasteiger partial charge >= 0.3 is 0 Å². The van der Waals surface area contributed by atoms with E-state index in [-0.39, 0.29) is 18.0 Å². The summed E-state index contributed by atoms with van der Waals surface area (Å²) in [5.41, 5.74) is 4.66. The summed E-state index contributed by atoms with van der Waals surface area (Å²) >= 11 is 0. The van der Waals surface area contributed by atoms with Crippen LogP contribution in [0.3, 0.4) is 0 Å². The molecule has 0 radical (unpaired) electrons. The summed E-state index contributed by atoms with van der Waals surface area (Å²) in [5.74, 6) is 0.953. The second-order valence-electron chi connectivity index (χ2n) is 8.55. The minimum Gasteiger partial charge on any atom is -0.494 e. The molecule has 5 heteroatoms. The number of aromatic nitrogens is 2. The molecule has 0 bridgehead atoms. The third-order valence-corrected chi connectivity index (χ3v) is 6.53. The highest BCUT2D eigenvalue weighted by molar-refractivity contribution is 6.00. The number of nitrogens with zero attached hydrogens (tertiary/aromatic N) is 2. The second kappa shape index (κ2) is 8.58. The van der Waals surface area contributed by atoms with Crippen molar-refractivity contribution >= 4 is 5.91 Å². The minimum absolute atomic E-state index is 0.0739. The number of ether oxygens (including phenoxy) is 1. The fraction of sp³-hybridized carbons (Fsp3) is 0.385. The molecule has 1 N–H and O–H groups in total. The van der Waals surface area contributed by atoms with Gasteiger partial charge in [0.15, 0.2) is 0 Å². The number of rotatable bonds is 7. The van der Waals surface area contributed by atoms with E-state index in [1.807, 2.05) is 30.3 Å². The summed E-state index contributed by atoms with van der Waals surface area (Å²) < 4.78 is 5.86. The van der Waals surface area contributed by atoms with E-state index in [0.717, 1.165) is 60.4 Å². The molecule has 2 heterocycles. The van der Waals surface area contributed by atoms with Crippen LogP contribution in [0.15, 0.2) is 54.6 Å². The zero-order valence-corrected chi connectivity index (χ0v) is 18.0. The molecule has 1 unspecified atom stereocenters. The topological polar surface area (TPSA) is 58.2 Å². The van der Waals surface area contributed by atoms with E-state index < -0.39 is 0 Å². The maximum Gasteiger partial charge on any atom is 0.273 e. The Hall–Kier alpha value is -3.08. The Labute approximate surface area is 183 Å². The summed E-state index contributed by atoms with van der Waals surface area (Å²) in [6.07, 6.45) is 6.67. The van der Waals surface area contributed by atoms with E-state index in [0.29, 0.717) is 5.69 Å². The Balaban J connectivity index is 1.55. The third kappa shape index (κ3) is 3.62. The Morgan fingerprint density at radius 1 is 1.06 bits per heavy atom. The predicted octanol–water partition coefficient (Wildman–Crippen LogP) is 5.74. The van der Waals surface area contributed by atoms with E-state index in [1.165, 1.54) is 12.8 Å². The van der Waals surface area contributed by atoms with Crippen LogP contribution in [0.5, 0.6) is 5.75 Å². The molecule has 2 aliphatic rings. The fourth-order valence-electron chi connectivity index (χ4n) is 4.95. The molecule has 1 fully saturated rings. The van der Waals surface area contributed by atoms with Crippen LogP contribution in [0.25, 0.3) is 11.3 Å². The zero-order valence-electron chi connectivity index (χ0n) is 18.0.